The molecule has 5 heteroatoms. The van der Waals surface area contributed by atoms with Crippen molar-refractivity contribution in [3.8, 4) is 0 Å². The molecule has 0 spiro atoms. The summed E-state index contributed by atoms with van der Waals surface area (Å²) in [6.45, 7) is 4.49. The van der Waals surface area contributed by atoms with Crippen molar-refractivity contribution in [3.05, 3.63) is 0 Å². The van der Waals surface area contributed by atoms with Crippen LogP contribution in [0.25, 0.3) is 0 Å². The van der Waals surface area contributed by atoms with Crippen LogP contribution < -0.4 is 5.32 Å². The molecule has 0 saturated heterocycles. The van der Waals surface area contributed by atoms with Gasteiger partial charge in [0.2, 0.25) is 0 Å². The Morgan fingerprint density at radius 1 is 1.56 bits per heavy atom. The number of nitrogens with zero attached hydrogens (tertiary/aromatic N) is 1. The Hall–Kier alpha value is -0.650. The highest BCUT2D eigenvalue weighted by molar-refractivity contribution is 5.69. The number of rotatable bonds is 9. The number of hydrogen-bond donors (Lipinski definition) is 2. The van der Waals surface area contributed by atoms with Crippen molar-refractivity contribution < 1.29 is 14.6 Å². The molecule has 0 bridgehead atoms. The van der Waals surface area contributed by atoms with Gasteiger partial charge in [-0.05, 0) is 40.5 Å². The zero-order valence-corrected chi connectivity index (χ0v) is 10.5. The van der Waals surface area contributed by atoms with Crippen LogP contribution in [-0.4, -0.2) is 62.4 Å². The van der Waals surface area contributed by atoms with Crippen molar-refractivity contribution in [3.63, 3.8) is 0 Å². The van der Waals surface area contributed by atoms with E-state index in [1.165, 1.54) is 0 Å². The van der Waals surface area contributed by atoms with E-state index >= 15 is 0 Å². The molecule has 0 saturated carbocycles. The molecule has 96 valence electrons. The third-order valence-corrected chi connectivity index (χ3v) is 2.20. The number of nitrogens with one attached hydrogen (secondary N) is 1. The Labute approximate surface area is 97.8 Å². The summed E-state index contributed by atoms with van der Waals surface area (Å²) in [5.74, 6) is -0.335. The predicted octanol–water partition coefficient (Wildman–Crippen LogP) is -0.158. The van der Waals surface area contributed by atoms with Crippen molar-refractivity contribution in [2.75, 3.05) is 40.3 Å². The van der Waals surface area contributed by atoms with Crippen LogP contribution in [0.15, 0.2) is 0 Å². The summed E-state index contributed by atoms with van der Waals surface area (Å²) in [5, 5.41) is 12.7. The Balaban J connectivity index is 3.60. The number of ether oxygens (including phenoxy) is 1. The summed E-state index contributed by atoms with van der Waals surface area (Å²) in [7, 11) is 3.85. The molecule has 5 nitrogen and oxygen atoms in total. The van der Waals surface area contributed by atoms with Gasteiger partial charge < -0.3 is 20.1 Å². The van der Waals surface area contributed by atoms with E-state index in [0.29, 0.717) is 13.2 Å². The monoisotopic (exact) mass is 232 g/mol. The van der Waals surface area contributed by atoms with Crippen LogP contribution in [0.1, 0.15) is 19.8 Å². The summed E-state index contributed by atoms with van der Waals surface area (Å²) < 4.78 is 4.77. The van der Waals surface area contributed by atoms with Crippen LogP contribution in [0, 0.1) is 0 Å². The van der Waals surface area contributed by atoms with E-state index in [1.807, 2.05) is 19.0 Å². The van der Waals surface area contributed by atoms with Gasteiger partial charge in [0.05, 0.1) is 19.1 Å². The third kappa shape index (κ3) is 8.64. The molecule has 16 heavy (non-hydrogen) atoms. The first-order valence-electron chi connectivity index (χ1n) is 5.77. The summed E-state index contributed by atoms with van der Waals surface area (Å²) in [5.41, 5.74) is 0. The standard InChI is InChI=1S/C11H24N2O3/c1-4-16-11(15)8-10(14)9-13(3)7-5-6-12-2/h10,12,14H,4-9H2,1-3H3. The molecule has 0 fully saturated rings. The molecule has 1 unspecified atom stereocenters. The number of carbonyl (C=O) groups excluding carboxylic acids is 1. The minimum atomic E-state index is -0.640. The number of aliphatic hydroxyl groups excluding tert-OH is 1. The molecule has 0 heterocycles. The van der Waals surface area contributed by atoms with Gasteiger partial charge in [0, 0.05) is 6.54 Å². The minimum Gasteiger partial charge on any atom is -0.466 e. The van der Waals surface area contributed by atoms with Gasteiger partial charge in [-0.2, -0.15) is 0 Å². The largest absolute Gasteiger partial charge is 0.466 e. The van der Waals surface area contributed by atoms with Gasteiger partial charge >= 0.3 is 5.97 Å². The predicted molar refractivity (Wildman–Crippen MR) is 63.3 cm³/mol. The molecule has 0 aromatic rings. The lowest BCUT2D eigenvalue weighted by Crippen LogP contribution is -2.32. The van der Waals surface area contributed by atoms with Gasteiger partial charge in [-0.15, -0.1) is 0 Å². The van der Waals surface area contributed by atoms with Crippen LogP contribution in [0.2, 0.25) is 0 Å². The molecule has 0 aliphatic heterocycles. The van der Waals surface area contributed by atoms with Crippen molar-refractivity contribution >= 4 is 5.97 Å². The first kappa shape index (κ1) is 15.3. The van der Waals surface area contributed by atoms with Crippen molar-refractivity contribution in [2.24, 2.45) is 0 Å². The molecular weight excluding hydrogens is 208 g/mol. The van der Waals surface area contributed by atoms with Crippen LogP contribution >= 0.6 is 0 Å². The fourth-order valence-corrected chi connectivity index (χ4v) is 1.45. The highest BCUT2D eigenvalue weighted by Gasteiger charge is 2.13. The van der Waals surface area contributed by atoms with Crippen molar-refractivity contribution in [1.82, 2.24) is 10.2 Å². The second-order valence-electron chi connectivity index (χ2n) is 3.88. The Morgan fingerprint density at radius 3 is 2.81 bits per heavy atom. The van der Waals surface area contributed by atoms with E-state index in [0.717, 1.165) is 19.5 Å². The lowest BCUT2D eigenvalue weighted by Gasteiger charge is -2.19. The molecule has 0 rings (SSSR count). The van der Waals surface area contributed by atoms with Crippen LogP contribution in [0.5, 0.6) is 0 Å². The molecule has 0 aromatic carbocycles. The summed E-state index contributed by atoms with van der Waals surface area (Å²) >= 11 is 0. The molecule has 0 aliphatic carbocycles. The number of esters is 1. The zero-order valence-electron chi connectivity index (χ0n) is 10.5. The van der Waals surface area contributed by atoms with Crippen LogP contribution in [0.3, 0.4) is 0 Å². The normalized spacial score (nSPS) is 12.8. The second kappa shape index (κ2) is 9.57. The van der Waals surface area contributed by atoms with E-state index in [-0.39, 0.29) is 12.4 Å². The highest BCUT2D eigenvalue weighted by atomic mass is 16.5. The van der Waals surface area contributed by atoms with E-state index < -0.39 is 6.10 Å². The second-order valence-corrected chi connectivity index (χ2v) is 3.88. The topological polar surface area (TPSA) is 61.8 Å². The fourth-order valence-electron chi connectivity index (χ4n) is 1.45. The minimum absolute atomic E-state index is 0.0736. The first-order valence-corrected chi connectivity index (χ1v) is 5.77. The number of likely N-dealkylation sites (N-methyl/N-ethyl adjacent to an activating group) is 1. The lowest BCUT2D eigenvalue weighted by atomic mass is 10.2. The third-order valence-electron chi connectivity index (χ3n) is 2.20. The average Bonchev–Trinajstić information content (AvgIpc) is 2.17. The van der Waals surface area contributed by atoms with E-state index in [1.54, 1.807) is 6.92 Å². The van der Waals surface area contributed by atoms with Crippen molar-refractivity contribution in [1.29, 1.82) is 0 Å². The molecular formula is C11H24N2O3. The maximum Gasteiger partial charge on any atom is 0.308 e. The molecule has 0 aromatic heterocycles. The summed E-state index contributed by atoms with van der Waals surface area (Å²) in [6.07, 6.45) is 0.460. The molecule has 0 radical (unpaired) electrons. The lowest BCUT2D eigenvalue weighted by molar-refractivity contribution is -0.145. The highest BCUT2D eigenvalue weighted by Crippen LogP contribution is 1.98. The quantitative estimate of drug-likeness (QED) is 0.427. The molecule has 2 N–H and O–H groups in total. The smallest absolute Gasteiger partial charge is 0.308 e. The molecule has 0 aliphatic rings. The SMILES string of the molecule is CCOC(=O)CC(O)CN(C)CCCNC. The van der Waals surface area contributed by atoms with Gasteiger partial charge in [-0.1, -0.05) is 0 Å². The first-order chi connectivity index (χ1) is 7.60. The molecule has 1 atom stereocenters. The average molecular weight is 232 g/mol. The zero-order chi connectivity index (χ0) is 12.4. The van der Waals surface area contributed by atoms with Crippen molar-refractivity contribution in [2.45, 2.75) is 25.9 Å². The number of aliphatic hydroxyl groups is 1. The van der Waals surface area contributed by atoms with E-state index in [4.69, 9.17) is 4.74 Å². The summed E-state index contributed by atoms with van der Waals surface area (Å²) in [6, 6.07) is 0. The number of carbonyl (C=O) groups is 1. The Bertz CT molecular complexity index is 188. The fraction of sp³-hybridized carbons (Fsp3) is 0.909. The Kier molecular flexibility index (Phi) is 9.18. The van der Waals surface area contributed by atoms with Gasteiger partial charge in [0.1, 0.15) is 0 Å². The Morgan fingerprint density at radius 2 is 2.25 bits per heavy atom. The van der Waals surface area contributed by atoms with Crippen LogP contribution in [0.4, 0.5) is 0 Å². The summed E-state index contributed by atoms with van der Waals surface area (Å²) in [4.78, 5) is 13.1. The molecule has 0 amide bonds. The van der Waals surface area contributed by atoms with Gasteiger partial charge in [-0.25, -0.2) is 0 Å². The van der Waals surface area contributed by atoms with Crippen LogP contribution in [-0.2, 0) is 9.53 Å². The van der Waals surface area contributed by atoms with E-state index in [9.17, 15) is 9.90 Å². The van der Waals surface area contributed by atoms with E-state index in [2.05, 4.69) is 5.32 Å². The van der Waals surface area contributed by atoms with Gasteiger partial charge in [0.15, 0.2) is 0 Å². The maximum atomic E-state index is 11.1. The number of hydrogen-bond acceptors (Lipinski definition) is 5. The maximum absolute atomic E-state index is 11.1. The van der Waals surface area contributed by atoms with Gasteiger partial charge in [-0.3, -0.25) is 4.79 Å². The van der Waals surface area contributed by atoms with Gasteiger partial charge in [0.25, 0.3) is 0 Å².